The topological polar surface area (TPSA) is 107 Å². The molecule has 1 aliphatic rings. The second-order valence-electron chi connectivity index (χ2n) is 7.12. The van der Waals surface area contributed by atoms with Gasteiger partial charge in [0.15, 0.2) is 0 Å². The van der Waals surface area contributed by atoms with E-state index in [2.05, 4.69) is 5.32 Å². The number of anilines is 1. The number of rotatable bonds is 8. The standard InChI is InChI=1S/C22H24N2O5/c25-20(26)14-24-19-9-5-4-8-16(19)11-13-17(21(24)27)23-18(22(28)29)12-10-15-6-2-1-3-7-15/h1-9,17-18,23H,10-14H2,(H,25,26)(H,28,29)/t17-,18+/m0/s1. The Hall–Kier alpha value is -3.19. The van der Waals surface area contributed by atoms with Crippen molar-refractivity contribution < 1.29 is 24.6 Å². The molecule has 0 unspecified atom stereocenters. The average molecular weight is 396 g/mol. The van der Waals surface area contributed by atoms with Crippen molar-refractivity contribution in [3.63, 3.8) is 0 Å². The van der Waals surface area contributed by atoms with Crippen molar-refractivity contribution in [2.75, 3.05) is 11.4 Å². The van der Waals surface area contributed by atoms with Gasteiger partial charge in [-0.15, -0.1) is 0 Å². The van der Waals surface area contributed by atoms with Crippen LogP contribution in [0.1, 0.15) is 24.0 Å². The summed E-state index contributed by atoms with van der Waals surface area (Å²) in [5.74, 6) is -2.56. The van der Waals surface area contributed by atoms with Gasteiger partial charge in [0.25, 0.3) is 0 Å². The molecule has 0 bridgehead atoms. The number of hydrogen-bond donors (Lipinski definition) is 3. The Labute approximate surface area is 169 Å². The number of aryl methyl sites for hydroxylation is 2. The summed E-state index contributed by atoms with van der Waals surface area (Å²) in [6.07, 6.45) is 1.85. The summed E-state index contributed by atoms with van der Waals surface area (Å²) in [7, 11) is 0. The fraction of sp³-hybridized carbons (Fsp3) is 0.318. The molecule has 3 rings (SSSR count). The number of carbonyl (C=O) groups excluding carboxylic acids is 1. The highest BCUT2D eigenvalue weighted by Gasteiger charge is 2.34. The lowest BCUT2D eigenvalue weighted by atomic mass is 10.0. The molecule has 0 saturated heterocycles. The van der Waals surface area contributed by atoms with E-state index >= 15 is 0 Å². The molecule has 1 heterocycles. The van der Waals surface area contributed by atoms with Crippen LogP contribution < -0.4 is 10.2 Å². The van der Waals surface area contributed by atoms with E-state index in [0.717, 1.165) is 11.1 Å². The first-order chi connectivity index (χ1) is 14.0. The summed E-state index contributed by atoms with van der Waals surface area (Å²) in [4.78, 5) is 37.4. The molecule has 0 spiro atoms. The van der Waals surface area contributed by atoms with Gasteiger partial charge in [0, 0.05) is 5.69 Å². The van der Waals surface area contributed by atoms with Gasteiger partial charge in [-0.3, -0.25) is 24.6 Å². The number of carbonyl (C=O) groups is 3. The maximum Gasteiger partial charge on any atom is 0.323 e. The summed E-state index contributed by atoms with van der Waals surface area (Å²) in [6, 6.07) is 15.1. The molecule has 0 saturated carbocycles. The number of carboxylic acid groups (broad SMARTS) is 2. The third-order valence-electron chi connectivity index (χ3n) is 5.11. The molecule has 0 fully saturated rings. The van der Waals surface area contributed by atoms with Crippen LogP contribution in [0.5, 0.6) is 0 Å². The molecular formula is C22H24N2O5. The molecule has 152 valence electrons. The van der Waals surface area contributed by atoms with E-state index in [-0.39, 0.29) is 0 Å². The van der Waals surface area contributed by atoms with Gasteiger partial charge in [-0.2, -0.15) is 0 Å². The van der Waals surface area contributed by atoms with Crippen LogP contribution in [0.25, 0.3) is 0 Å². The van der Waals surface area contributed by atoms with Crippen LogP contribution >= 0.6 is 0 Å². The second-order valence-corrected chi connectivity index (χ2v) is 7.12. The molecule has 2 aromatic rings. The van der Waals surface area contributed by atoms with Gasteiger partial charge in [-0.05, 0) is 42.9 Å². The van der Waals surface area contributed by atoms with Gasteiger partial charge >= 0.3 is 11.9 Å². The Morgan fingerprint density at radius 3 is 2.45 bits per heavy atom. The van der Waals surface area contributed by atoms with E-state index in [4.69, 9.17) is 0 Å². The number of nitrogens with one attached hydrogen (secondary N) is 1. The normalized spacial score (nSPS) is 17.3. The number of para-hydroxylation sites is 1. The van der Waals surface area contributed by atoms with Gasteiger partial charge in [-0.25, -0.2) is 0 Å². The summed E-state index contributed by atoms with van der Waals surface area (Å²) in [5.41, 5.74) is 2.47. The quantitative estimate of drug-likeness (QED) is 0.631. The molecule has 2 atom stereocenters. The van der Waals surface area contributed by atoms with Crippen molar-refractivity contribution in [3.8, 4) is 0 Å². The number of carboxylic acids is 2. The zero-order chi connectivity index (χ0) is 20.8. The molecule has 0 aliphatic carbocycles. The molecule has 1 amide bonds. The minimum absolute atomic E-state index is 0.328. The predicted octanol–water partition coefficient (Wildman–Crippen LogP) is 2.09. The Morgan fingerprint density at radius 2 is 1.76 bits per heavy atom. The van der Waals surface area contributed by atoms with Crippen LogP contribution in [0.15, 0.2) is 54.6 Å². The SMILES string of the molecule is O=C(O)CN1C(=O)[C@@H](N[C@H](CCc2ccccc2)C(=O)O)CCc2ccccc21. The number of fused-ring (bicyclic) bond motifs is 1. The maximum absolute atomic E-state index is 13.1. The molecule has 7 nitrogen and oxygen atoms in total. The van der Waals surface area contributed by atoms with Crippen molar-refractivity contribution in [2.24, 2.45) is 0 Å². The fourth-order valence-corrected chi connectivity index (χ4v) is 3.65. The fourth-order valence-electron chi connectivity index (χ4n) is 3.65. The molecule has 7 heteroatoms. The van der Waals surface area contributed by atoms with Gasteiger partial charge in [-0.1, -0.05) is 48.5 Å². The van der Waals surface area contributed by atoms with Crippen molar-refractivity contribution in [2.45, 2.75) is 37.8 Å². The third-order valence-corrected chi connectivity index (χ3v) is 5.11. The highest BCUT2D eigenvalue weighted by Crippen LogP contribution is 2.27. The highest BCUT2D eigenvalue weighted by atomic mass is 16.4. The van der Waals surface area contributed by atoms with E-state index in [9.17, 15) is 24.6 Å². The zero-order valence-electron chi connectivity index (χ0n) is 16.0. The predicted molar refractivity (Wildman–Crippen MR) is 108 cm³/mol. The lowest BCUT2D eigenvalue weighted by Gasteiger charge is -2.26. The molecular weight excluding hydrogens is 372 g/mol. The molecule has 3 N–H and O–H groups in total. The Bertz CT molecular complexity index is 884. The number of amides is 1. The van der Waals surface area contributed by atoms with Crippen molar-refractivity contribution >= 4 is 23.5 Å². The lowest BCUT2D eigenvalue weighted by Crippen LogP contribution is -2.52. The average Bonchev–Trinajstić information content (AvgIpc) is 2.83. The van der Waals surface area contributed by atoms with E-state index < -0.39 is 36.5 Å². The smallest absolute Gasteiger partial charge is 0.323 e. The Kier molecular flexibility index (Phi) is 6.61. The van der Waals surface area contributed by atoms with Gasteiger partial charge in [0.1, 0.15) is 12.6 Å². The summed E-state index contributed by atoms with van der Waals surface area (Å²) in [6.45, 7) is -0.463. The van der Waals surface area contributed by atoms with Crippen LogP contribution in [0.4, 0.5) is 5.69 Å². The van der Waals surface area contributed by atoms with Gasteiger partial charge in [0.05, 0.1) is 6.04 Å². The maximum atomic E-state index is 13.1. The number of aliphatic carboxylic acids is 2. The number of nitrogens with zero attached hydrogens (tertiary/aromatic N) is 1. The third kappa shape index (κ3) is 5.20. The molecule has 0 aromatic heterocycles. The minimum Gasteiger partial charge on any atom is -0.480 e. The van der Waals surface area contributed by atoms with E-state index in [1.807, 2.05) is 42.5 Å². The van der Waals surface area contributed by atoms with Crippen LogP contribution in [0, 0.1) is 0 Å². The van der Waals surface area contributed by atoms with Crippen LogP contribution in [0.3, 0.4) is 0 Å². The first-order valence-electron chi connectivity index (χ1n) is 9.59. The molecule has 29 heavy (non-hydrogen) atoms. The molecule has 2 aromatic carbocycles. The van der Waals surface area contributed by atoms with Crippen molar-refractivity contribution in [1.82, 2.24) is 5.32 Å². The van der Waals surface area contributed by atoms with E-state index in [1.165, 1.54) is 4.90 Å². The highest BCUT2D eigenvalue weighted by molar-refractivity contribution is 6.02. The monoisotopic (exact) mass is 396 g/mol. The summed E-state index contributed by atoms with van der Waals surface area (Å²) < 4.78 is 0. The van der Waals surface area contributed by atoms with Crippen LogP contribution in [-0.2, 0) is 27.2 Å². The molecule has 1 aliphatic heterocycles. The number of benzene rings is 2. The van der Waals surface area contributed by atoms with Gasteiger partial charge < -0.3 is 10.2 Å². The zero-order valence-corrected chi connectivity index (χ0v) is 16.0. The Morgan fingerprint density at radius 1 is 1.07 bits per heavy atom. The summed E-state index contributed by atoms with van der Waals surface area (Å²) in [5, 5.41) is 21.9. The van der Waals surface area contributed by atoms with E-state index in [1.54, 1.807) is 12.1 Å². The summed E-state index contributed by atoms with van der Waals surface area (Å²) >= 11 is 0. The first kappa shape index (κ1) is 20.5. The second kappa shape index (κ2) is 9.34. The lowest BCUT2D eigenvalue weighted by molar-refractivity contribution is -0.140. The van der Waals surface area contributed by atoms with Crippen LogP contribution in [0.2, 0.25) is 0 Å². The molecule has 0 radical (unpaired) electrons. The minimum atomic E-state index is -1.12. The Balaban J connectivity index is 1.77. The van der Waals surface area contributed by atoms with Crippen molar-refractivity contribution in [3.05, 3.63) is 65.7 Å². The van der Waals surface area contributed by atoms with Crippen LogP contribution in [-0.4, -0.2) is 46.7 Å². The largest absolute Gasteiger partial charge is 0.480 e. The van der Waals surface area contributed by atoms with E-state index in [0.29, 0.717) is 31.4 Å². The first-order valence-corrected chi connectivity index (χ1v) is 9.59. The van der Waals surface area contributed by atoms with Crippen molar-refractivity contribution in [1.29, 1.82) is 0 Å². The van der Waals surface area contributed by atoms with Gasteiger partial charge in [0.2, 0.25) is 5.91 Å². The number of hydrogen-bond acceptors (Lipinski definition) is 4.